The van der Waals surface area contributed by atoms with Gasteiger partial charge in [0, 0.05) is 21.2 Å². The van der Waals surface area contributed by atoms with Gasteiger partial charge < -0.3 is 9.47 Å². The first kappa shape index (κ1) is 28.1. The zero-order valence-electron chi connectivity index (χ0n) is 23.2. The number of hydrogen-bond donors (Lipinski definition) is 0. The van der Waals surface area contributed by atoms with E-state index in [1.54, 1.807) is 7.11 Å². The lowest BCUT2D eigenvalue weighted by molar-refractivity contribution is 0.303. The van der Waals surface area contributed by atoms with E-state index in [2.05, 4.69) is 62.2 Å². The maximum Gasteiger partial charge on any atom is 0.271 e. The molecule has 0 saturated heterocycles. The predicted molar refractivity (Wildman–Crippen MR) is 178 cm³/mol. The van der Waals surface area contributed by atoms with Gasteiger partial charge in [0.1, 0.15) is 18.1 Å². The van der Waals surface area contributed by atoms with Crippen LogP contribution in [0.2, 0.25) is 0 Å². The second kappa shape index (κ2) is 11.8. The fourth-order valence-electron chi connectivity index (χ4n) is 5.90. The van der Waals surface area contributed by atoms with Crippen LogP contribution in [0.4, 0.5) is 0 Å². The molecule has 1 aromatic heterocycles. The van der Waals surface area contributed by atoms with Crippen molar-refractivity contribution in [1.29, 1.82) is 0 Å². The third-order valence-corrected chi connectivity index (χ3v) is 9.89. The fourth-order valence-corrected chi connectivity index (χ4v) is 8.27. The first-order valence-corrected chi connectivity index (χ1v) is 16.3. The third kappa shape index (κ3) is 5.22. The van der Waals surface area contributed by atoms with Crippen molar-refractivity contribution in [1.82, 2.24) is 4.57 Å². The summed E-state index contributed by atoms with van der Waals surface area (Å²) in [6.45, 7) is 0.406. The molecule has 2 aliphatic rings. The number of nitrogens with zero attached hydrogens (tertiary/aromatic N) is 2. The zero-order valence-corrected chi connectivity index (χ0v) is 27.2. The number of allylic oxidation sites excluding steroid dienone is 1. The zero-order chi connectivity index (χ0) is 29.5. The van der Waals surface area contributed by atoms with E-state index in [4.69, 9.17) is 14.5 Å². The average molecular weight is 714 g/mol. The Balaban J connectivity index is 1.42. The fraction of sp³-hybridized carbons (Fsp3) is 0.143. The Kier molecular flexibility index (Phi) is 7.67. The summed E-state index contributed by atoms with van der Waals surface area (Å²) in [5, 5.41) is 0. The van der Waals surface area contributed by atoms with Gasteiger partial charge in [-0.25, -0.2) is 4.99 Å². The molecule has 1 atom stereocenters. The molecule has 2 heterocycles. The number of ether oxygens (including phenoxy) is 2. The quantitative estimate of drug-likeness (QED) is 0.184. The van der Waals surface area contributed by atoms with E-state index in [-0.39, 0.29) is 11.6 Å². The molecule has 7 rings (SSSR count). The van der Waals surface area contributed by atoms with Gasteiger partial charge in [-0.3, -0.25) is 9.36 Å². The molecular weight excluding hydrogens is 688 g/mol. The van der Waals surface area contributed by atoms with E-state index < -0.39 is 0 Å². The largest absolute Gasteiger partial charge is 0.496 e. The van der Waals surface area contributed by atoms with Gasteiger partial charge in [-0.05, 0) is 69.7 Å². The molecule has 0 bridgehead atoms. The highest BCUT2D eigenvalue weighted by Crippen LogP contribution is 2.43. The molecule has 0 N–H and O–H groups in total. The Hall–Kier alpha value is -3.72. The summed E-state index contributed by atoms with van der Waals surface area (Å²) in [6.07, 6.45) is 3.63. The minimum absolute atomic E-state index is 0.0878. The molecule has 8 heteroatoms. The molecular formula is C35H26Br2N2O3S. The number of aromatic nitrogens is 1. The van der Waals surface area contributed by atoms with E-state index in [9.17, 15) is 4.79 Å². The summed E-state index contributed by atoms with van der Waals surface area (Å²) < 4.78 is 16.2. The molecule has 43 heavy (non-hydrogen) atoms. The molecule has 0 fully saturated rings. The van der Waals surface area contributed by atoms with Crippen molar-refractivity contribution in [2.75, 3.05) is 7.11 Å². The number of thiazole rings is 1. The minimum Gasteiger partial charge on any atom is -0.496 e. The highest BCUT2D eigenvalue weighted by atomic mass is 79.9. The summed E-state index contributed by atoms with van der Waals surface area (Å²) >= 11 is 8.70. The van der Waals surface area contributed by atoms with Crippen molar-refractivity contribution in [3.8, 4) is 11.5 Å². The normalized spacial score (nSPS) is 15.8. The second-order valence-corrected chi connectivity index (χ2v) is 13.2. The van der Waals surface area contributed by atoms with Crippen molar-refractivity contribution >= 4 is 55.0 Å². The monoisotopic (exact) mass is 712 g/mol. The molecule has 1 aliphatic carbocycles. The number of aryl methyl sites for hydroxylation is 1. The first-order valence-electron chi connectivity index (χ1n) is 13.9. The van der Waals surface area contributed by atoms with Crippen molar-refractivity contribution in [2.24, 2.45) is 4.99 Å². The number of para-hydroxylation sites is 1. The molecule has 0 saturated carbocycles. The molecule has 5 aromatic rings. The Labute approximate surface area is 269 Å². The Bertz CT molecular complexity index is 2080. The first-order chi connectivity index (χ1) is 21.0. The average Bonchev–Trinajstić information content (AvgIpc) is 3.34. The lowest BCUT2D eigenvalue weighted by atomic mass is 9.83. The van der Waals surface area contributed by atoms with Crippen LogP contribution in [0.25, 0.3) is 11.8 Å². The number of halogens is 2. The van der Waals surface area contributed by atoms with E-state index in [1.165, 1.54) is 16.9 Å². The van der Waals surface area contributed by atoms with Crippen LogP contribution in [-0.4, -0.2) is 11.7 Å². The van der Waals surface area contributed by atoms with Gasteiger partial charge >= 0.3 is 0 Å². The number of rotatable bonds is 6. The molecule has 5 nitrogen and oxygen atoms in total. The van der Waals surface area contributed by atoms with Crippen molar-refractivity contribution in [2.45, 2.75) is 25.5 Å². The molecule has 0 unspecified atom stereocenters. The Morgan fingerprint density at radius 2 is 1.74 bits per heavy atom. The van der Waals surface area contributed by atoms with Gasteiger partial charge in [-0.15, -0.1) is 0 Å². The van der Waals surface area contributed by atoms with Crippen molar-refractivity contribution in [3.63, 3.8) is 0 Å². The van der Waals surface area contributed by atoms with Crippen LogP contribution in [-0.2, 0) is 13.0 Å². The van der Waals surface area contributed by atoms with Gasteiger partial charge in [0.2, 0.25) is 0 Å². The highest BCUT2D eigenvalue weighted by molar-refractivity contribution is 9.11. The number of benzene rings is 4. The summed E-state index contributed by atoms with van der Waals surface area (Å²) in [4.78, 5) is 20.2. The topological polar surface area (TPSA) is 52.8 Å². The molecule has 1 aliphatic heterocycles. The smallest absolute Gasteiger partial charge is 0.271 e. The second-order valence-electron chi connectivity index (χ2n) is 10.4. The van der Waals surface area contributed by atoms with Crippen LogP contribution < -0.4 is 24.4 Å². The van der Waals surface area contributed by atoms with E-state index in [0.717, 1.165) is 61.1 Å². The lowest BCUT2D eigenvalue weighted by Crippen LogP contribution is -2.39. The summed E-state index contributed by atoms with van der Waals surface area (Å²) in [5.41, 5.74) is 7.24. The standard InChI is InChI=1S/C35H26Br2N2O3S/c1-41-29-14-8-7-13-26(29)32-27-16-15-22-11-5-6-12-25(22)31(27)38-35-39(32)34(40)30(43-35)18-23-17-24(36)19-28(37)33(23)42-20-21-9-3-2-4-10-21/h2-14,17-19,32H,15-16,20H2,1H3/b30-18+/t32-/m0/s1. The number of fused-ring (bicyclic) bond motifs is 3. The van der Waals surface area contributed by atoms with Gasteiger partial charge in [-0.2, -0.15) is 0 Å². The molecule has 214 valence electrons. The molecule has 4 aromatic carbocycles. The predicted octanol–water partition coefficient (Wildman–Crippen LogP) is 7.43. The maximum atomic E-state index is 14.3. The summed E-state index contributed by atoms with van der Waals surface area (Å²) in [6, 6.07) is 30.0. The van der Waals surface area contributed by atoms with Crippen LogP contribution in [0, 0.1) is 0 Å². The van der Waals surface area contributed by atoms with Gasteiger partial charge in [0.15, 0.2) is 4.80 Å². The van der Waals surface area contributed by atoms with Crippen molar-refractivity contribution < 1.29 is 9.47 Å². The SMILES string of the molecule is COc1ccccc1[C@H]1C2=C(N=c3s/c(=C/c4cc(Br)cc(Br)c4OCc4ccccc4)c(=O)n31)c1ccccc1CC2. The molecule has 0 radical (unpaired) electrons. The van der Waals surface area contributed by atoms with E-state index in [0.29, 0.717) is 21.7 Å². The van der Waals surface area contributed by atoms with E-state index >= 15 is 0 Å². The highest BCUT2D eigenvalue weighted by Gasteiger charge is 2.34. The summed E-state index contributed by atoms with van der Waals surface area (Å²) in [5.74, 6) is 1.43. The van der Waals surface area contributed by atoms with Gasteiger partial charge in [0.05, 0.1) is 27.9 Å². The maximum absolute atomic E-state index is 14.3. The third-order valence-electron chi connectivity index (χ3n) is 7.86. The molecule has 0 amide bonds. The number of hydrogen-bond acceptors (Lipinski definition) is 5. The van der Waals surface area contributed by atoms with Crippen LogP contribution in [0.3, 0.4) is 0 Å². The Morgan fingerprint density at radius 1 is 0.977 bits per heavy atom. The lowest BCUT2D eigenvalue weighted by Gasteiger charge is -2.31. The Morgan fingerprint density at radius 3 is 2.58 bits per heavy atom. The van der Waals surface area contributed by atoms with E-state index in [1.807, 2.05) is 71.3 Å². The number of methoxy groups -OCH3 is 1. The van der Waals surface area contributed by atoms with Crippen LogP contribution in [0.15, 0.2) is 115 Å². The van der Waals surface area contributed by atoms with Crippen LogP contribution in [0.5, 0.6) is 11.5 Å². The van der Waals surface area contributed by atoms with Gasteiger partial charge in [0.25, 0.3) is 5.56 Å². The van der Waals surface area contributed by atoms with Crippen molar-refractivity contribution in [3.05, 3.63) is 153 Å². The van der Waals surface area contributed by atoms with Crippen LogP contribution in [0.1, 0.15) is 40.3 Å². The van der Waals surface area contributed by atoms with Gasteiger partial charge in [-0.1, -0.05) is 100 Å². The minimum atomic E-state index is -0.319. The van der Waals surface area contributed by atoms with Crippen LogP contribution >= 0.6 is 43.2 Å². The molecule has 0 spiro atoms. The summed E-state index contributed by atoms with van der Waals surface area (Å²) in [7, 11) is 1.68.